The summed E-state index contributed by atoms with van der Waals surface area (Å²) in [6, 6.07) is 1.65. The average molecular weight is 522 g/mol. The first-order chi connectivity index (χ1) is 18.4. The van der Waals surface area contributed by atoms with E-state index in [1.165, 1.54) is 24.8 Å². The highest BCUT2D eigenvalue weighted by Gasteiger charge is 2.68. The SMILES string of the molecule is C#C[C@]1(OC(=O)COc2cc(C)on2)CC(CCCCC)C2C3CCC4=CC(=O)CCC4C3CC[C@@]21CC. The number of unbranched alkanes of at least 4 members (excludes halogenated alkanes) is 2. The van der Waals surface area contributed by atoms with Crippen LogP contribution in [0.25, 0.3) is 0 Å². The zero-order valence-corrected chi connectivity index (χ0v) is 23.3. The first-order valence-corrected chi connectivity index (χ1v) is 14.9. The van der Waals surface area contributed by atoms with Gasteiger partial charge in [0.05, 0.1) is 0 Å². The summed E-state index contributed by atoms with van der Waals surface area (Å²) in [5.74, 6) is 6.42. The van der Waals surface area contributed by atoms with E-state index < -0.39 is 11.6 Å². The van der Waals surface area contributed by atoms with Gasteiger partial charge in [-0.15, -0.1) is 6.42 Å². The number of aromatic nitrogens is 1. The number of hydrogen-bond donors (Lipinski definition) is 0. The fraction of sp³-hybridized carbons (Fsp3) is 0.719. The van der Waals surface area contributed by atoms with Gasteiger partial charge in [0.2, 0.25) is 0 Å². The molecular weight excluding hydrogens is 478 g/mol. The number of ketones is 1. The van der Waals surface area contributed by atoms with E-state index in [0.717, 1.165) is 51.4 Å². The largest absolute Gasteiger partial charge is 0.463 e. The van der Waals surface area contributed by atoms with Crippen LogP contribution >= 0.6 is 0 Å². The van der Waals surface area contributed by atoms with Gasteiger partial charge in [-0.2, -0.15) is 0 Å². The Morgan fingerprint density at radius 2 is 2.05 bits per heavy atom. The van der Waals surface area contributed by atoms with Crippen LogP contribution < -0.4 is 4.74 Å². The number of esters is 1. The maximum Gasteiger partial charge on any atom is 0.345 e. The number of fused-ring (bicyclic) bond motifs is 5. The molecule has 5 unspecified atom stereocenters. The van der Waals surface area contributed by atoms with Crippen molar-refractivity contribution < 1.29 is 23.6 Å². The number of hydrogen-bond acceptors (Lipinski definition) is 6. The molecule has 38 heavy (non-hydrogen) atoms. The average Bonchev–Trinajstić information content (AvgIpc) is 3.46. The molecule has 7 atom stereocenters. The summed E-state index contributed by atoms with van der Waals surface area (Å²) < 4.78 is 17.0. The van der Waals surface area contributed by atoms with Crippen LogP contribution in [0.5, 0.6) is 5.88 Å². The number of terminal acetylenes is 1. The van der Waals surface area contributed by atoms with E-state index >= 15 is 0 Å². The first kappa shape index (κ1) is 27.0. The molecular formula is C32H43NO5. The fourth-order valence-corrected chi connectivity index (χ4v) is 9.07. The van der Waals surface area contributed by atoms with Gasteiger partial charge in [0, 0.05) is 24.3 Å². The Morgan fingerprint density at radius 1 is 1.21 bits per heavy atom. The number of allylic oxidation sites excluding steroid dienone is 1. The zero-order chi connectivity index (χ0) is 26.9. The Labute approximate surface area is 227 Å². The third kappa shape index (κ3) is 4.61. The molecule has 0 bridgehead atoms. The number of rotatable bonds is 9. The predicted molar refractivity (Wildman–Crippen MR) is 144 cm³/mol. The van der Waals surface area contributed by atoms with Crippen LogP contribution in [0.1, 0.15) is 96.7 Å². The predicted octanol–water partition coefficient (Wildman–Crippen LogP) is 6.62. The van der Waals surface area contributed by atoms with Gasteiger partial charge < -0.3 is 14.0 Å². The van der Waals surface area contributed by atoms with Crippen LogP contribution in [0.15, 0.2) is 22.2 Å². The summed E-state index contributed by atoms with van der Waals surface area (Å²) in [5, 5.41) is 3.82. The van der Waals surface area contributed by atoms with E-state index in [2.05, 4.69) is 24.9 Å². The van der Waals surface area contributed by atoms with E-state index in [1.807, 2.05) is 6.08 Å². The third-order valence-electron chi connectivity index (χ3n) is 10.5. The smallest absolute Gasteiger partial charge is 0.345 e. The number of carbonyl (C=O) groups is 2. The van der Waals surface area contributed by atoms with Gasteiger partial charge >= 0.3 is 5.97 Å². The lowest BCUT2D eigenvalue weighted by molar-refractivity contribution is -0.175. The number of aryl methyl sites for hydroxylation is 1. The highest BCUT2D eigenvalue weighted by atomic mass is 16.6. The van der Waals surface area contributed by atoms with Crippen LogP contribution in [0.2, 0.25) is 0 Å². The van der Waals surface area contributed by atoms with E-state index in [9.17, 15) is 9.59 Å². The second-order valence-electron chi connectivity index (χ2n) is 12.2. The second-order valence-corrected chi connectivity index (χ2v) is 12.2. The Kier molecular flexibility index (Phi) is 7.76. The molecule has 0 radical (unpaired) electrons. The van der Waals surface area contributed by atoms with Gasteiger partial charge in [0.25, 0.3) is 5.88 Å². The van der Waals surface area contributed by atoms with Crippen LogP contribution in [-0.2, 0) is 14.3 Å². The van der Waals surface area contributed by atoms with Crippen molar-refractivity contribution in [3.05, 3.63) is 23.5 Å². The zero-order valence-electron chi connectivity index (χ0n) is 23.3. The number of nitrogens with zero attached hydrogens (tertiary/aromatic N) is 1. The van der Waals surface area contributed by atoms with Crippen molar-refractivity contribution >= 4 is 11.8 Å². The minimum absolute atomic E-state index is 0.231. The minimum atomic E-state index is -0.924. The molecule has 3 saturated carbocycles. The molecule has 0 saturated heterocycles. The second kappa shape index (κ2) is 10.9. The van der Waals surface area contributed by atoms with E-state index in [4.69, 9.17) is 20.4 Å². The molecule has 0 spiro atoms. The van der Waals surface area contributed by atoms with Crippen LogP contribution in [0.3, 0.4) is 0 Å². The molecule has 1 heterocycles. The van der Waals surface area contributed by atoms with Crippen molar-refractivity contribution in [2.24, 2.45) is 35.0 Å². The topological polar surface area (TPSA) is 78.6 Å². The van der Waals surface area contributed by atoms with Gasteiger partial charge in [-0.3, -0.25) is 4.79 Å². The Bertz CT molecular complexity index is 1110. The number of ether oxygens (including phenoxy) is 2. The van der Waals surface area contributed by atoms with Crippen molar-refractivity contribution in [2.45, 2.75) is 103 Å². The van der Waals surface area contributed by atoms with Crippen LogP contribution in [-0.4, -0.2) is 29.1 Å². The summed E-state index contributed by atoms with van der Waals surface area (Å²) in [6.07, 6.45) is 20.5. The monoisotopic (exact) mass is 521 g/mol. The van der Waals surface area contributed by atoms with Gasteiger partial charge in [-0.1, -0.05) is 44.6 Å². The van der Waals surface area contributed by atoms with Gasteiger partial charge in [0.15, 0.2) is 18.0 Å². The molecule has 4 aliphatic carbocycles. The van der Waals surface area contributed by atoms with Crippen molar-refractivity contribution in [3.8, 4) is 18.2 Å². The van der Waals surface area contributed by atoms with E-state index in [-0.39, 0.29) is 17.9 Å². The van der Waals surface area contributed by atoms with Crippen molar-refractivity contribution in [1.29, 1.82) is 0 Å². The van der Waals surface area contributed by atoms with Gasteiger partial charge in [0.1, 0.15) is 5.76 Å². The first-order valence-electron chi connectivity index (χ1n) is 14.9. The molecule has 5 rings (SSSR count). The Hall–Kier alpha value is -2.55. The maximum absolute atomic E-state index is 13.2. The third-order valence-corrected chi connectivity index (χ3v) is 10.5. The molecule has 3 fully saturated rings. The molecule has 0 aliphatic heterocycles. The molecule has 206 valence electrons. The van der Waals surface area contributed by atoms with Crippen LogP contribution in [0.4, 0.5) is 0 Å². The highest BCUT2D eigenvalue weighted by Crippen LogP contribution is 2.69. The Morgan fingerprint density at radius 3 is 2.76 bits per heavy atom. The van der Waals surface area contributed by atoms with Gasteiger partial charge in [-0.05, 0) is 92.7 Å². The van der Waals surface area contributed by atoms with E-state index in [1.54, 1.807) is 13.0 Å². The summed E-state index contributed by atoms with van der Waals surface area (Å²) in [6.45, 7) is 6.02. The minimum Gasteiger partial charge on any atom is -0.463 e. The maximum atomic E-state index is 13.2. The molecule has 1 aromatic rings. The number of carbonyl (C=O) groups excluding carboxylic acids is 2. The fourth-order valence-electron chi connectivity index (χ4n) is 9.07. The standard InChI is InChI=1S/C32H43NO5/c1-5-8-9-10-23-19-32(7-3,37-29(35)20-36-28-17-21(4)38-33-28)31(6-2)16-15-26-25-14-12-24(34)18-22(25)11-13-27(26)30(23)31/h3,17-18,23,25-27,30H,5-6,8-16,19-20H2,1-2,4H3/t23?,25?,26?,27?,30?,31-,32-/m0/s1. The molecule has 4 aliphatic rings. The summed E-state index contributed by atoms with van der Waals surface area (Å²) >= 11 is 0. The molecule has 0 aromatic carbocycles. The van der Waals surface area contributed by atoms with Crippen molar-refractivity contribution in [3.63, 3.8) is 0 Å². The highest BCUT2D eigenvalue weighted by molar-refractivity contribution is 5.91. The Balaban J connectivity index is 1.43. The normalized spacial score (nSPS) is 35.9. The lowest BCUT2D eigenvalue weighted by Crippen LogP contribution is -2.55. The molecule has 0 amide bonds. The molecule has 0 N–H and O–H groups in total. The molecule has 6 heteroatoms. The summed E-state index contributed by atoms with van der Waals surface area (Å²) in [5.41, 5.74) is 0.237. The molecule has 1 aromatic heterocycles. The van der Waals surface area contributed by atoms with Crippen molar-refractivity contribution in [1.82, 2.24) is 5.16 Å². The quantitative estimate of drug-likeness (QED) is 0.207. The molecule has 6 nitrogen and oxygen atoms in total. The summed E-state index contributed by atoms with van der Waals surface area (Å²) in [4.78, 5) is 25.4. The van der Waals surface area contributed by atoms with Crippen LogP contribution in [0, 0.1) is 54.3 Å². The lowest BCUT2D eigenvalue weighted by Gasteiger charge is -2.57. The lowest BCUT2D eigenvalue weighted by atomic mass is 9.48. The van der Waals surface area contributed by atoms with E-state index in [0.29, 0.717) is 47.6 Å². The summed E-state index contributed by atoms with van der Waals surface area (Å²) in [7, 11) is 0. The van der Waals surface area contributed by atoms with Crippen molar-refractivity contribution in [2.75, 3.05) is 6.61 Å². The van der Waals surface area contributed by atoms with Gasteiger partial charge in [-0.25, -0.2) is 4.79 Å².